The molecule has 0 aliphatic heterocycles. The van der Waals surface area contributed by atoms with Gasteiger partial charge in [-0.25, -0.2) is 0 Å². The average Bonchev–Trinajstić information content (AvgIpc) is 2.52. The highest BCUT2D eigenvalue weighted by molar-refractivity contribution is 5.81. The number of hydrogen-bond donors (Lipinski definition) is 0. The van der Waals surface area contributed by atoms with Gasteiger partial charge in [0.15, 0.2) is 0 Å². The van der Waals surface area contributed by atoms with Gasteiger partial charge in [0, 0.05) is 18.3 Å². The summed E-state index contributed by atoms with van der Waals surface area (Å²) in [4.78, 5) is 23.2. The van der Waals surface area contributed by atoms with E-state index in [4.69, 9.17) is 4.74 Å². The van der Waals surface area contributed by atoms with E-state index in [0.717, 1.165) is 57.8 Å². The SMILES string of the molecule is CCOC(=O)C(C)(C)CCCCC#CCCCCCC(C)(C)C(C)=O. The molecule has 0 saturated carbocycles. The van der Waals surface area contributed by atoms with Crippen LogP contribution in [0.1, 0.15) is 99.3 Å². The molecule has 3 nitrogen and oxygen atoms in total. The van der Waals surface area contributed by atoms with Crippen molar-refractivity contribution in [1.29, 1.82) is 0 Å². The largest absolute Gasteiger partial charge is 0.466 e. The van der Waals surface area contributed by atoms with E-state index in [1.165, 1.54) is 0 Å². The van der Waals surface area contributed by atoms with E-state index in [-0.39, 0.29) is 17.2 Å². The highest BCUT2D eigenvalue weighted by Gasteiger charge is 2.28. The molecule has 0 aliphatic rings. The lowest BCUT2D eigenvalue weighted by molar-refractivity contribution is -0.153. The van der Waals surface area contributed by atoms with Gasteiger partial charge in [0.05, 0.1) is 12.0 Å². The Balaban J connectivity index is 3.70. The number of hydrogen-bond acceptors (Lipinski definition) is 3. The van der Waals surface area contributed by atoms with Crippen LogP contribution in [0.3, 0.4) is 0 Å². The van der Waals surface area contributed by atoms with Crippen LogP contribution in [-0.2, 0) is 14.3 Å². The third-order valence-electron chi connectivity index (χ3n) is 4.86. The second-order valence-electron chi connectivity index (χ2n) is 8.17. The highest BCUT2D eigenvalue weighted by atomic mass is 16.5. The summed E-state index contributed by atoms with van der Waals surface area (Å²) in [6.07, 6.45) is 9.02. The van der Waals surface area contributed by atoms with Gasteiger partial charge in [0.25, 0.3) is 0 Å². The molecule has 144 valence electrons. The smallest absolute Gasteiger partial charge is 0.311 e. The van der Waals surface area contributed by atoms with E-state index in [2.05, 4.69) is 11.8 Å². The van der Waals surface area contributed by atoms with Gasteiger partial charge in [-0.2, -0.15) is 0 Å². The molecule has 0 bridgehead atoms. The van der Waals surface area contributed by atoms with Crippen LogP contribution in [0.4, 0.5) is 0 Å². The zero-order valence-electron chi connectivity index (χ0n) is 17.3. The van der Waals surface area contributed by atoms with Gasteiger partial charge in [-0.05, 0) is 53.4 Å². The van der Waals surface area contributed by atoms with E-state index < -0.39 is 5.41 Å². The molecule has 0 heterocycles. The molecule has 0 aliphatic carbocycles. The Morgan fingerprint density at radius 2 is 1.28 bits per heavy atom. The van der Waals surface area contributed by atoms with Crippen LogP contribution in [0.2, 0.25) is 0 Å². The first-order valence-electron chi connectivity index (χ1n) is 9.77. The van der Waals surface area contributed by atoms with E-state index in [1.54, 1.807) is 6.92 Å². The summed E-state index contributed by atoms with van der Waals surface area (Å²) in [7, 11) is 0. The second-order valence-corrected chi connectivity index (χ2v) is 8.17. The Morgan fingerprint density at radius 1 is 0.800 bits per heavy atom. The summed E-state index contributed by atoms with van der Waals surface area (Å²) in [5.41, 5.74) is -0.569. The molecule has 0 N–H and O–H groups in total. The van der Waals surface area contributed by atoms with Crippen LogP contribution >= 0.6 is 0 Å². The average molecular weight is 351 g/mol. The lowest BCUT2D eigenvalue weighted by Gasteiger charge is -2.21. The Morgan fingerprint density at radius 3 is 1.80 bits per heavy atom. The summed E-state index contributed by atoms with van der Waals surface area (Å²) < 4.78 is 5.10. The van der Waals surface area contributed by atoms with E-state index in [1.807, 2.05) is 34.6 Å². The third kappa shape index (κ3) is 11.0. The Hall–Kier alpha value is -1.30. The first kappa shape index (κ1) is 23.7. The Labute approximate surface area is 155 Å². The molecule has 0 fully saturated rings. The topological polar surface area (TPSA) is 43.4 Å². The third-order valence-corrected chi connectivity index (χ3v) is 4.86. The zero-order chi connectivity index (χ0) is 19.3. The normalized spacial score (nSPS) is 11.6. The Bertz CT molecular complexity index is 463. The first-order chi connectivity index (χ1) is 11.6. The van der Waals surface area contributed by atoms with Crippen LogP contribution < -0.4 is 0 Å². The van der Waals surface area contributed by atoms with Crippen molar-refractivity contribution in [2.45, 2.75) is 99.3 Å². The van der Waals surface area contributed by atoms with Gasteiger partial charge in [-0.15, -0.1) is 11.8 Å². The van der Waals surface area contributed by atoms with Crippen molar-refractivity contribution in [3.05, 3.63) is 0 Å². The number of ether oxygens (including phenoxy) is 1. The molecule has 0 saturated heterocycles. The molecule has 0 atom stereocenters. The lowest BCUT2D eigenvalue weighted by atomic mass is 9.83. The standard InChI is InChI=1S/C22H38O3/c1-7-25-20(24)22(5,6)18-16-14-12-10-8-9-11-13-15-17-21(3,4)19(2)23/h7,9,11-18H2,1-6H3. The fraction of sp³-hybridized carbons (Fsp3) is 0.818. The van der Waals surface area contributed by atoms with Crippen LogP contribution in [0, 0.1) is 22.7 Å². The minimum atomic E-state index is -0.392. The van der Waals surface area contributed by atoms with Gasteiger partial charge < -0.3 is 4.74 Å². The molecule has 0 aromatic rings. The monoisotopic (exact) mass is 350 g/mol. The molecular weight excluding hydrogens is 312 g/mol. The maximum absolute atomic E-state index is 11.8. The van der Waals surface area contributed by atoms with Crippen molar-refractivity contribution < 1.29 is 14.3 Å². The van der Waals surface area contributed by atoms with Crippen molar-refractivity contribution >= 4 is 11.8 Å². The molecule has 0 spiro atoms. The first-order valence-corrected chi connectivity index (χ1v) is 9.77. The van der Waals surface area contributed by atoms with Crippen molar-refractivity contribution in [3.63, 3.8) is 0 Å². The van der Waals surface area contributed by atoms with E-state index >= 15 is 0 Å². The number of Topliss-reactive ketones (excluding diaryl/α,β-unsaturated/α-hetero) is 1. The minimum Gasteiger partial charge on any atom is -0.466 e. The van der Waals surface area contributed by atoms with Gasteiger partial charge >= 0.3 is 5.97 Å². The van der Waals surface area contributed by atoms with Crippen molar-refractivity contribution in [2.24, 2.45) is 10.8 Å². The van der Waals surface area contributed by atoms with Gasteiger partial charge in [0.1, 0.15) is 5.78 Å². The van der Waals surface area contributed by atoms with Crippen LogP contribution in [-0.4, -0.2) is 18.4 Å². The number of carbonyl (C=O) groups is 2. The fourth-order valence-corrected chi connectivity index (χ4v) is 2.52. The predicted octanol–water partition coefficient (Wildman–Crippen LogP) is 5.71. The van der Waals surface area contributed by atoms with E-state index in [9.17, 15) is 9.59 Å². The van der Waals surface area contributed by atoms with Crippen LogP contribution in [0.15, 0.2) is 0 Å². The molecule has 25 heavy (non-hydrogen) atoms. The number of unbranched alkanes of at least 4 members (excludes halogenated alkanes) is 5. The number of esters is 1. The van der Waals surface area contributed by atoms with Crippen LogP contribution in [0.5, 0.6) is 0 Å². The molecule has 0 radical (unpaired) electrons. The number of ketones is 1. The summed E-state index contributed by atoms with van der Waals surface area (Å²) >= 11 is 0. The minimum absolute atomic E-state index is 0.103. The van der Waals surface area contributed by atoms with Crippen LogP contribution in [0.25, 0.3) is 0 Å². The molecular formula is C22H38O3. The molecule has 0 aromatic carbocycles. The van der Waals surface area contributed by atoms with Gasteiger partial charge in [-0.3, -0.25) is 9.59 Å². The van der Waals surface area contributed by atoms with E-state index in [0.29, 0.717) is 6.61 Å². The summed E-state index contributed by atoms with van der Waals surface area (Å²) in [5.74, 6) is 6.64. The maximum atomic E-state index is 11.8. The van der Waals surface area contributed by atoms with Gasteiger partial charge in [0.2, 0.25) is 0 Å². The quantitative estimate of drug-likeness (QED) is 0.257. The molecule has 0 unspecified atom stereocenters. The number of rotatable bonds is 12. The molecule has 3 heteroatoms. The lowest BCUT2D eigenvalue weighted by Crippen LogP contribution is -2.26. The predicted molar refractivity (Wildman–Crippen MR) is 104 cm³/mol. The fourth-order valence-electron chi connectivity index (χ4n) is 2.52. The highest BCUT2D eigenvalue weighted by Crippen LogP contribution is 2.26. The van der Waals surface area contributed by atoms with Crippen molar-refractivity contribution in [1.82, 2.24) is 0 Å². The summed E-state index contributed by atoms with van der Waals surface area (Å²) in [6.45, 7) is 11.9. The van der Waals surface area contributed by atoms with Gasteiger partial charge in [-0.1, -0.05) is 33.1 Å². The van der Waals surface area contributed by atoms with Crippen molar-refractivity contribution in [3.8, 4) is 11.8 Å². The molecule has 0 aromatic heterocycles. The number of carbonyl (C=O) groups excluding carboxylic acids is 2. The zero-order valence-corrected chi connectivity index (χ0v) is 17.3. The summed E-state index contributed by atoms with van der Waals surface area (Å²) in [5, 5.41) is 0. The summed E-state index contributed by atoms with van der Waals surface area (Å²) in [6, 6.07) is 0. The van der Waals surface area contributed by atoms with Crippen molar-refractivity contribution in [2.75, 3.05) is 6.61 Å². The maximum Gasteiger partial charge on any atom is 0.311 e. The Kier molecular flexibility index (Phi) is 11.5. The molecule has 0 rings (SSSR count). The second kappa shape index (κ2) is 12.1. The molecule has 0 amide bonds.